The van der Waals surface area contributed by atoms with Gasteiger partial charge in [-0.3, -0.25) is 19.6 Å². The number of para-hydroxylation sites is 2. The Morgan fingerprint density at radius 3 is 1.48 bits per heavy atom. The van der Waals surface area contributed by atoms with Crippen molar-refractivity contribution in [3.8, 4) is 22.3 Å². The van der Waals surface area contributed by atoms with Crippen LogP contribution in [0, 0.1) is 23.3 Å². The van der Waals surface area contributed by atoms with Gasteiger partial charge in [-0.15, -0.1) is 0 Å². The second-order valence-corrected chi connectivity index (χ2v) is 11.7. The van der Waals surface area contributed by atoms with Crippen molar-refractivity contribution in [1.82, 2.24) is 24.9 Å². The first-order valence-corrected chi connectivity index (χ1v) is 17.2. The third-order valence-electron chi connectivity index (χ3n) is 7.98. The molecule has 0 bridgehead atoms. The van der Waals surface area contributed by atoms with Gasteiger partial charge in [0.05, 0.1) is 29.1 Å². The Bertz CT molecular complexity index is 2440. The molecule has 8 rings (SSSR count). The van der Waals surface area contributed by atoms with Gasteiger partial charge >= 0.3 is 0 Å². The van der Waals surface area contributed by atoms with Gasteiger partial charge in [0, 0.05) is 52.6 Å². The minimum atomic E-state index is -0.682. The standard InChI is InChI=1S/C21H13F2N3O.C20H12F2N4O.C2H6/c22-15-9-14(10-16(23)11-15)18-5-1-3-13-6-7-19(26-20(13)18)21(27)25-17-4-2-8-24-12-17;21-14-8-13(9-15(22)10-14)16-3-1-2-12-4-5-17(25-19(12)16)20(27)26-18-11-23-6-7-24-18;1-2/h1-12H,(H,25,27);1-11H,(H,24,26,27);1-2H3. The van der Waals surface area contributed by atoms with Crippen molar-refractivity contribution >= 4 is 45.1 Å². The van der Waals surface area contributed by atoms with Crippen LogP contribution in [0.4, 0.5) is 29.1 Å². The summed E-state index contributed by atoms with van der Waals surface area (Å²) < 4.78 is 54.5. The molecule has 2 N–H and O–H groups in total. The topological polar surface area (TPSA) is 123 Å². The van der Waals surface area contributed by atoms with Crippen molar-refractivity contribution in [3.63, 3.8) is 0 Å². The fourth-order valence-corrected chi connectivity index (χ4v) is 5.61. The molecule has 13 heteroatoms. The SMILES string of the molecule is CC.O=C(Nc1cccnc1)c1ccc2cccc(-c3cc(F)cc(F)c3)c2n1.O=C(Nc1cnccn1)c1ccc2cccc(-c3cc(F)cc(F)c3)c2n1. The van der Waals surface area contributed by atoms with Gasteiger partial charge < -0.3 is 10.6 Å². The summed E-state index contributed by atoms with van der Waals surface area (Å²) in [6, 6.07) is 27.2. The minimum absolute atomic E-state index is 0.150. The van der Waals surface area contributed by atoms with Gasteiger partial charge in [0.2, 0.25) is 0 Å². The van der Waals surface area contributed by atoms with E-state index < -0.39 is 35.1 Å². The summed E-state index contributed by atoms with van der Waals surface area (Å²) in [4.78, 5) is 45.6. The van der Waals surface area contributed by atoms with E-state index >= 15 is 0 Å². The van der Waals surface area contributed by atoms with E-state index in [4.69, 9.17) is 0 Å². The van der Waals surface area contributed by atoms with Crippen molar-refractivity contribution < 1.29 is 27.2 Å². The number of fused-ring (bicyclic) bond motifs is 2. The summed E-state index contributed by atoms with van der Waals surface area (Å²) in [5, 5.41) is 6.82. The van der Waals surface area contributed by atoms with E-state index in [2.05, 4.69) is 35.6 Å². The molecule has 9 nitrogen and oxygen atoms in total. The van der Waals surface area contributed by atoms with Crippen LogP contribution in [0.5, 0.6) is 0 Å². The number of nitrogens with zero attached hydrogens (tertiary/aromatic N) is 5. The second kappa shape index (κ2) is 17.6. The number of amides is 2. The van der Waals surface area contributed by atoms with Crippen LogP contribution in [0.3, 0.4) is 0 Å². The van der Waals surface area contributed by atoms with Gasteiger partial charge in [-0.05, 0) is 59.7 Å². The van der Waals surface area contributed by atoms with Crippen LogP contribution in [0.15, 0.2) is 140 Å². The average molecular weight is 754 g/mol. The zero-order valence-electron chi connectivity index (χ0n) is 29.8. The van der Waals surface area contributed by atoms with Crippen LogP contribution in [-0.4, -0.2) is 36.7 Å². The summed E-state index contributed by atoms with van der Waals surface area (Å²) >= 11 is 0. The summed E-state index contributed by atoms with van der Waals surface area (Å²) in [5.41, 5.74) is 3.61. The van der Waals surface area contributed by atoms with Crippen molar-refractivity contribution in [2.75, 3.05) is 10.6 Å². The number of hydrogen-bond acceptors (Lipinski definition) is 7. The van der Waals surface area contributed by atoms with E-state index in [9.17, 15) is 27.2 Å². The lowest BCUT2D eigenvalue weighted by atomic mass is 10.0. The van der Waals surface area contributed by atoms with Crippen molar-refractivity contribution in [3.05, 3.63) is 175 Å². The van der Waals surface area contributed by atoms with Crippen LogP contribution < -0.4 is 10.6 Å². The van der Waals surface area contributed by atoms with Crippen molar-refractivity contribution in [2.45, 2.75) is 13.8 Å². The summed E-state index contributed by atoms with van der Waals surface area (Å²) in [6.07, 6.45) is 7.50. The molecular weight excluding hydrogens is 723 g/mol. The molecule has 0 aliphatic rings. The van der Waals surface area contributed by atoms with E-state index in [0.717, 1.165) is 22.9 Å². The minimum Gasteiger partial charge on any atom is -0.319 e. The molecule has 0 aliphatic heterocycles. The number of carbonyl (C=O) groups excluding carboxylic acids is 2. The number of anilines is 2. The molecule has 0 atom stereocenters. The van der Waals surface area contributed by atoms with Gasteiger partial charge in [0.15, 0.2) is 5.82 Å². The smallest absolute Gasteiger partial charge is 0.275 e. The third-order valence-corrected chi connectivity index (χ3v) is 7.98. The lowest BCUT2D eigenvalue weighted by Gasteiger charge is -2.09. The molecule has 278 valence electrons. The zero-order chi connectivity index (χ0) is 39.6. The first-order chi connectivity index (χ1) is 27.2. The quantitative estimate of drug-likeness (QED) is 0.162. The Labute approximate surface area is 318 Å². The highest BCUT2D eigenvalue weighted by atomic mass is 19.1. The van der Waals surface area contributed by atoms with Crippen LogP contribution in [0.2, 0.25) is 0 Å². The molecule has 0 spiro atoms. The fraction of sp³-hybridized carbons (Fsp3) is 0.0465. The largest absolute Gasteiger partial charge is 0.319 e. The van der Waals surface area contributed by atoms with Crippen LogP contribution in [0.1, 0.15) is 34.8 Å². The number of benzene rings is 4. The predicted octanol–water partition coefficient (Wildman–Crippen LogP) is 10.1. The average Bonchev–Trinajstić information content (AvgIpc) is 3.21. The highest BCUT2D eigenvalue weighted by Crippen LogP contribution is 2.30. The Morgan fingerprint density at radius 2 is 1.02 bits per heavy atom. The molecule has 2 amide bonds. The number of carbonyl (C=O) groups is 2. The molecule has 4 aromatic heterocycles. The van der Waals surface area contributed by atoms with Gasteiger partial charge in [0.1, 0.15) is 34.7 Å². The summed E-state index contributed by atoms with van der Waals surface area (Å²) in [5.74, 6) is -3.27. The lowest BCUT2D eigenvalue weighted by molar-refractivity contribution is 0.101. The number of halogens is 4. The highest BCUT2D eigenvalue weighted by Gasteiger charge is 2.15. The van der Waals surface area contributed by atoms with Crippen LogP contribution >= 0.6 is 0 Å². The van der Waals surface area contributed by atoms with Gasteiger partial charge in [-0.1, -0.05) is 62.4 Å². The fourth-order valence-electron chi connectivity index (χ4n) is 5.61. The maximum atomic E-state index is 13.6. The predicted molar refractivity (Wildman–Crippen MR) is 208 cm³/mol. The van der Waals surface area contributed by atoms with E-state index in [0.29, 0.717) is 44.8 Å². The number of aromatic nitrogens is 5. The van der Waals surface area contributed by atoms with Gasteiger partial charge in [-0.25, -0.2) is 32.5 Å². The Hall–Kier alpha value is -7.41. The Balaban J connectivity index is 0.000000182. The highest BCUT2D eigenvalue weighted by molar-refractivity contribution is 6.06. The number of nitrogens with one attached hydrogen (secondary N) is 2. The summed E-state index contributed by atoms with van der Waals surface area (Å²) in [6.45, 7) is 4.00. The zero-order valence-corrected chi connectivity index (χ0v) is 29.8. The number of hydrogen-bond donors (Lipinski definition) is 2. The number of pyridine rings is 3. The lowest BCUT2D eigenvalue weighted by Crippen LogP contribution is -2.14. The summed E-state index contributed by atoms with van der Waals surface area (Å²) in [7, 11) is 0. The van der Waals surface area contributed by atoms with E-state index in [1.807, 2.05) is 26.0 Å². The molecule has 0 unspecified atom stereocenters. The molecule has 0 radical (unpaired) electrons. The second-order valence-electron chi connectivity index (χ2n) is 11.7. The normalized spacial score (nSPS) is 10.5. The molecule has 0 saturated carbocycles. The maximum Gasteiger partial charge on any atom is 0.275 e. The molecular formula is C43H31F4N7O2. The Kier molecular flexibility index (Phi) is 12.0. The Morgan fingerprint density at radius 1 is 0.518 bits per heavy atom. The molecule has 0 saturated heterocycles. The number of rotatable bonds is 6. The van der Waals surface area contributed by atoms with Crippen LogP contribution in [-0.2, 0) is 0 Å². The van der Waals surface area contributed by atoms with Crippen molar-refractivity contribution in [1.29, 1.82) is 0 Å². The maximum absolute atomic E-state index is 13.6. The molecule has 4 aromatic carbocycles. The molecule has 0 fully saturated rings. The van der Waals surface area contributed by atoms with E-state index in [1.54, 1.807) is 66.9 Å². The third kappa shape index (κ3) is 9.20. The van der Waals surface area contributed by atoms with E-state index in [-0.39, 0.29) is 11.4 Å². The van der Waals surface area contributed by atoms with Crippen LogP contribution in [0.25, 0.3) is 44.1 Å². The van der Waals surface area contributed by atoms with E-state index in [1.165, 1.54) is 49.1 Å². The first kappa shape index (κ1) is 38.3. The van der Waals surface area contributed by atoms with Gasteiger partial charge in [0.25, 0.3) is 11.8 Å². The molecule has 56 heavy (non-hydrogen) atoms. The molecule has 8 aromatic rings. The van der Waals surface area contributed by atoms with Gasteiger partial charge in [-0.2, -0.15) is 0 Å². The molecule has 4 heterocycles. The molecule has 0 aliphatic carbocycles. The monoisotopic (exact) mass is 753 g/mol. The van der Waals surface area contributed by atoms with Crippen molar-refractivity contribution in [2.24, 2.45) is 0 Å². The first-order valence-electron chi connectivity index (χ1n) is 17.2.